The van der Waals surface area contributed by atoms with Crippen LogP contribution in [0.3, 0.4) is 0 Å². The van der Waals surface area contributed by atoms with E-state index in [0.29, 0.717) is 13.0 Å². The van der Waals surface area contributed by atoms with Crippen molar-refractivity contribution in [2.75, 3.05) is 24.6 Å². The summed E-state index contributed by atoms with van der Waals surface area (Å²) in [6.07, 6.45) is 0.762. The minimum atomic E-state index is -3.02. The van der Waals surface area contributed by atoms with Crippen molar-refractivity contribution >= 4 is 15.6 Å². The second kappa shape index (κ2) is 7.79. The summed E-state index contributed by atoms with van der Waals surface area (Å²) < 4.78 is 22.8. The van der Waals surface area contributed by atoms with E-state index in [4.69, 9.17) is 0 Å². The molecule has 0 aromatic carbocycles. The number of ketones is 1. The average molecular weight is 249 g/mol. The summed E-state index contributed by atoms with van der Waals surface area (Å²) in [5.41, 5.74) is 0. The number of hydrogen-bond donors (Lipinski definition) is 1. The molecule has 0 aliphatic carbocycles. The second-order valence-electron chi connectivity index (χ2n) is 4.08. The Hall–Kier alpha value is -0.420. The van der Waals surface area contributed by atoms with Crippen LogP contribution >= 0.6 is 0 Å². The summed E-state index contributed by atoms with van der Waals surface area (Å²) in [5, 5.41) is 3.08. The fraction of sp³-hybridized carbons (Fsp3) is 0.909. The molecule has 0 amide bonds. The van der Waals surface area contributed by atoms with E-state index in [1.807, 2.05) is 20.8 Å². The Morgan fingerprint density at radius 2 is 1.88 bits per heavy atom. The number of hydrogen-bond acceptors (Lipinski definition) is 4. The van der Waals surface area contributed by atoms with Crippen LogP contribution in [-0.2, 0) is 14.6 Å². The van der Waals surface area contributed by atoms with Gasteiger partial charge >= 0.3 is 0 Å². The maximum atomic E-state index is 11.6. The van der Waals surface area contributed by atoms with E-state index in [9.17, 15) is 13.2 Å². The van der Waals surface area contributed by atoms with Crippen LogP contribution in [0.15, 0.2) is 0 Å². The molecule has 0 heterocycles. The molecule has 4 nitrogen and oxygen atoms in total. The first-order chi connectivity index (χ1) is 7.43. The second-order valence-corrected chi connectivity index (χ2v) is 6.38. The monoisotopic (exact) mass is 249 g/mol. The van der Waals surface area contributed by atoms with Gasteiger partial charge in [-0.25, -0.2) is 8.42 Å². The minimum absolute atomic E-state index is 0.00383. The lowest BCUT2D eigenvalue weighted by Crippen LogP contribution is -2.27. The van der Waals surface area contributed by atoms with Gasteiger partial charge in [0.05, 0.1) is 5.75 Å². The lowest BCUT2D eigenvalue weighted by atomic mass is 10.1. The maximum Gasteiger partial charge on any atom is 0.150 e. The van der Waals surface area contributed by atoms with Gasteiger partial charge in [0, 0.05) is 24.6 Å². The maximum absolute atomic E-state index is 11.6. The van der Waals surface area contributed by atoms with Gasteiger partial charge in [0.15, 0.2) is 9.84 Å². The standard InChI is InChI=1S/C11H23NO3S/c1-4-7-16(14,15)8-6-11(13)10(3)9-12-5-2/h10,12H,4-9H2,1-3H3. The van der Waals surface area contributed by atoms with Gasteiger partial charge in [0.25, 0.3) is 0 Å². The van der Waals surface area contributed by atoms with Gasteiger partial charge in [0.1, 0.15) is 5.78 Å². The van der Waals surface area contributed by atoms with Gasteiger partial charge in [-0.15, -0.1) is 0 Å². The molecule has 0 fully saturated rings. The van der Waals surface area contributed by atoms with Crippen molar-refractivity contribution in [2.45, 2.75) is 33.6 Å². The van der Waals surface area contributed by atoms with Crippen molar-refractivity contribution in [3.63, 3.8) is 0 Å². The Labute approximate surface area is 98.7 Å². The third kappa shape index (κ3) is 6.95. The van der Waals surface area contributed by atoms with E-state index in [0.717, 1.165) is 6.54 Å². The van der Waals surface area contributed by atoms with Crippen molar-refractivity contribution in [1.29, 1.82) is 0 Å². The number of nitrogens with one attached hydrogen (secondary N) is 1. The number of carbonyl (C=O) groups excluding carboxylic acids is 1. The van der Waals surface area contributed by atoms with Crippen molar-refractivity contribution in [2.24, 2.45) is 5.92 Å². The van der Waals surface area contributed by atoms with Gasteiger partial charge in [-0.05, 0) is 13.0 Å². The zero-order valence-corrected chi connectivity index (χ0v) is 11.3. The molecule has 0 rings (SSSR count). The molecule has 0 spiro atoms. The van der Waals surface area contributed by atoms with Crippen molar-refractivity contribution in [1.82, 2.24) is 5.32 Å². The molecule has 0 aromatic heterocycles. The Balaban J connectivity index is 3.97. The first kappa shape index (κ1) is 15.6. The van der Waals surface area contributed by atoms with E-state index in [1.54, 1.807) is 0 Å². The van der Waals surface area contributed by atoms with Crippen LogP contribution in [-0.4, -0.2) is 38.8 Å². The van der Waals surface area contributed by atoms with Gasteiger partial charge in [-0.1, -0.05) is 20.8 Å². The fourth-order valence-electron chi connectivity index (χ4n) is 1.39. The summed E-state index contributed by atoms with van der Waals surface area (Å²) in [5.74, 6) is 0.107. The normalized spacial score (nSPS) is 13.7. The van der Waals surface area contributed by atoms with Crippen LogP contribution < -0.4 is 5.32 Å². The predicted octanol–water partition coefficient (Wildman–Crippen LogP) is 1.02. The van der Waals surface area contributed by atoms with Crippen LogP contribution in [0.2, 0.25) is 0 Å². The van der Waals surface area contributed by atoms with Crippen LogP contribution in [0.25, 0.3) is 0 Å². The van der Waals surface area contributed by atoms with Gasteiger partial charge in [-0.2, -0.15) is 0 Å². The molecular formula is C11H23NO3S. The Morgan fingerprint density at radius 1 is 1.25 bits per heavy atom. The molecule has 1 N–H and O–H groups in total. The fourth-order valence-corrected chi connectivity index (χ4v) is 2.73. The Bertz CT molecular complexity index is 298. The molecule has 0 aromatic rings. The number of Topliss-reactive ketones (excluding diaryl/α,β-unsaturated/α-hetero) is 1. The topological polar surface area (TPSA) is 63.2 Å². The molecule has 96 valence electrons. The molecule has 1 unspecified atom stereocenters. The lowest BCUT2D eigenvalue weighted by Gasteiger charge is -2.10. The van der Waals surface area contributed by atoms with E-state index < -0.39 is 9.84 Å². The molecule has 0 saturated carbocycles. The highest BCUT2D eigenvalue weighted by molar-refractivity contribution is 7.91. The largest absolute Gasteiger partial charge is 0.316 e. The summed E-state index contributed by atoms with van der Waals surface area (Å²) in [4.78, 5) is 11.6. The SMILES string of the molecule is CCCS(=O)(=O)CCC(=O)C(C)CNCC. The van der Waals surface area contributed by atoms with Crippen LogP contribution in [0, 0.1) is 5.92 Å². The smallest absolute Gasteiger partial charge is 0.150 e. The van der Waals surface area contributed by atoms with Crippen LogP contribution in [0.5, 0.6) is 0 Å². The number of sulfone groups is 1. The zero-order chi connectivity index (χ0) is 12.6. The zero-order valence-electron chi connectivity index (χ0n) is 10.5. The number of rotatable bonds is 9. The average Bonchev–Trinajstić information content (AvgIpc) is 2.22. The van der Waals surface area contributed by atoms with Gasteiger partial charge in [0.2, 0.25) is 0 Å². The molecule has 0 aliphatic heterocycles. The highest BCUT2D eigenvalue weighted by Gasteiger charge is 2.16. The third-order valence-corrected chi connectivity index (χ3v) is 4.28. The van der Waals surface area contributed by atoms with Crippen molar-refractivity contribution in [3.05, 3.63) is 0 Å². The number of carbonyl (C=O) groups is 1. The van der Waals surface area contributed by atoms with Crippen molar-refractivity contribution in [3.8, 4) is 0 Å². The molecule has 0 bridgehead atoms. The highest BCUT2D eigenvalue weighted by atomic mass is 32.2. The van der Waals surface area contributed by atoms with Gasteiger partial charge in [-0.3, -0.25) is 4.79 Å². The van der Waals surface area contributed by atoms with E-state index in [-0.39, 0.29) is 29.6 Å². The highest BCUT2D eigenvalue weighted by Crippen LogP contribution is 2.03. The third-order valence-electron chi connectivity index (χ3n) is 2.42. The molecule has 0 aliphatic rings. The molecule has 5 heteroatoms. The molecular weight excluding hydrogens is 226 g/mol. The first-order valence-corrected chi connectivity index (χ1v) is 7.69. The van der Waals surface area contributed by atoms with Crippen molar-refractivity contribution < 1.29 is 13.2 Å². The van der Waals surface area contributed by atoms with E-state index in [1.165, 1.54) is 0 Å². The minimum Gasteiger partial charge on any atom is -0.316 e. The quantitative estimate of drug-likeness (QED) is 0.662. The summed E-state index contributed by atoms with van der Waals surface area (Å²) >= 11 is 0. The summed E-state index contributed by atoms with van der Waals surface area (Å²) in [6.45, 7) is 7.09. The molecule has 16 heavy (non-hydrogen) atoms. The Kier molecular flexibility index (Phi) is 7.58. The predicted molar refractivity (Wildman–Crippen MR) is 66.3 cm³/mol. The molecule has 0 radical (unpaired) electrons. The van der Waals surface area contributed by atoms with Crippen LogP contribution in [0.1, 0.15) is 33.6 Å². The van der Waals surface area contributed by atoms with E-state index >= 15 is 0 Å². The lowest BCUT2D eigenvalue weighted by molar-refractivity contribution is -0.121. The van der Waals surface area contributed by atoms with Crippen LogP contribution in [0.4, 0.5) is 0 Å². The molecule has 0 saturated heterocycles. The first-order valence-electron chi connectivity index (χ1n) is 5.86. The van der Waals surface area contributed by atoms with Gasteiger partial charge < -0.3 is 5.32 Å². The molecule has 1 atom stereocenters. The summed E-state index contributed by atoms with van der Waals surface area (Å²) in [7, 11) is -3.02. The Morgan fingerprint density at radius 3 is 2.38 bits per heavy atom. The summed E-state index contributed by atoms with van der Waals surface area (Å²) in [6, 6.07) is 0. The van der Waals surface area contributed by atoms with E-state index in [2.05, 4.69) is 5.32 Å².